The van der Waals surface area contributed by atoms with Crippen molar-refractivity contribution in [1.82, 2.24) is 0 Å². The Morgan fingerprint density at radius 2 is 1.29 bits per heavy atom. The summed E-state index contributed by atoms with van der Waals surface area (Å²) in [6.07, 6.45) is 13.9. The van der Waals surface area contributed by atoms with E-state index in [1.807, 2.05) is 74.5 Å². The van der Waals surface area contributed by atoms with Crippen molar-refractivity contribution in [2.75, 3.05) is 67.1 Å². The van der Waals surface area contributed by atoms with E-state index >= 15 is 0 Å². The van der Waals surface area contributed by atoms with Crippen molar-refractivity contribution in [1.29, 1.82) is 0 Å². The summed E-state index contributed by atoms with van der Waals surface area (Å²) in [5.74, 6) is 2.77. The summed E-state index contributed by atoms with van der Waals surface area (Å²) in [4.78, 5) is 0. The van der Waals surface area contributed by atoms with E-state index in [1.54, 1.807) is 14.2 Å². The topological polar surface area (TPSA) is 118 Å². The molecule has 3 rings (SSSR count). The number of benzene rings is 2. The van der Waals surface area contributed by atoms with Crippen molar-refractivity contribution >= 4 is 12.2 Å². The fraction of sp³-hybridized carbons (Fsp3) is 0.474. The predicted molar refractivity (Wildman–Crippen MR) is 191 cm³/mol. The van der Waals surface area contributed by atoms with E-state index in [0.29, 0.717) is 37.9 Å². The van der Waals surface area contributed by atoms with Gasteiger partial charge in [-0.3, -0.25) is 0 Å². The quantitative estimate of drug-likeness (QED) is 0.0738. The Hall–Kier alpha value is -3.96. The van der Waals surface area contributed by atoms with E-state index < -0.39 is 6.10 Å². The first kappa shape index (κ1) is 42.1. The van der Waals surface area contributed by atoms with E-state index in [9.17, 15) is 5.11 Å². The van der Waals surface area contributed by atoms with Gasteiger partial charge in [0.05, 0.1) is 53.2 Å². The highest BCUT2D eigenvalue weighted by atomic mass is 16.6. The Kier molecular flexibility index (Phi) is 24.6. The monoisotopic (exact) mass is 672 g/mol. The van der Waals surface area contributed by atoms with E-state index in [2.05, 4.69) is 13.2 Å². The highest BCUT2D eigenvalue weighted by Gasteiger charge is 2.23. The zero-order valence-corrected chi connectivity index (χ0v) is 29.1. The van der Waals surface area contributed by atoms with Crippen molar-refractivity contribution in [2.45, 2.75) is 51.7 Å². The van der Waals surface area contributed by atoms with Gasteiger partial charge < -0.3 is 48.1 Å². The molecule has 10 heteroatoms. The molecule has 2 unspecified atom stereocenters. The third-order valence-electron chi connectivity index (χ3n) is 6.37. The summed E-state index contributed by atoms with van der Waals surface area (Å²) >= 11 is 0. The second-order valence-electron chi connectivity index (χ2n) is 10.3. The van der Waals surface area contributed by atoms with Gasteiger partial charge in [-0.25, -0.2) is 0 Å². The Morgan fingerprint density at radius 1 is 0.771 bits per heavy atom. The van der Waals surface area contributed by atoms with Crippen LogP contribution in [0.25, 0.3) is 12.2 Å². The van der Waals surface area contributed by atoms with E-state index in [1.165, 1.54) is 12.5 Å². The standard InChI is InChI=1S/C19H28O5.C13H16O3.C6H12O2/c1-4-8-16-9-10-18(19(13-16)21-3)24-15-17(20)14-23-12-7-6-11-22-5-2;1-3-4-10-5-6-12(13(7-10)14-2)16-9-11-8-15-11;1-2-8-6-4-3-5-7/h4-5,8-10,13,17,20H,2,6-7,11-12,14-15H2,1,3H3;3-7,11H,8-9H2,1-2H3;2,7H,1,3-6H2. The van der Waals surface area contributed by atoms with Gasteiger partial charge in [-0.2, -0.15) is 0 Å². The number of epoxide rings is 1. The zero-order valence-electron chi connectivity index (χ0n) is 29.1. The SMILES string of the molecule is C=COCCCCO.C=COCCCCOCC(O)COc1ccc(C=CC)cc1OC.CC=Cc1ccc(OCC2CO2)c(OC)c1. The second kappa shape index (κ2) is 28.1. The first-order chi connectivity index (χ1) is 23.5. The van der Waals surface area contributed by atoms with Crippen LogP contribution in [0.1, 0.15) is 50.7 Å². The van der Waals surface area contributed by atoms with Crippen molar-refractivity contribution < 1.29 is 48.1 Å². The smallest absolute Gasteiger partial charge is 0.161 e. The van der Waals surface area contributed by atoms with E-state index in [0.717, 1.165) is 54.9 Å². The van der Waals surface area contributed by atoms with E-state index in [-0.39, 0.29) is 25.9 Å². The van der Waals surface area contributed by atoms with Crippen LogP contribution >= 0.6 is 0 Å². The molecule has 0 amide bonds. The minimum Gasteiger partial charge on any atom is -0.502 e. The third kappa shape index (κ3) is 20.3. The second-order valence-corrected chi connectivity index (χ2v) is 10.3. The molecule has 2 atom stereocenters. The first-order valence-electron chi connectivity index (χ1n) is 16.3. The molecule has 0 spiro atoms. The van der Waals surface area contributed by atoms with Crippen molar-refractivity contribution in [3.63, 3.8) is 0 Å². The molecule has 0 saturated carbocycles. The Labute approximate surface area is 287 Å². The lowest BCUT2D eigenvalue weighted by Gasteiger charge is -2.15. The molecule has 1 heterocycles. The molecule has 0 aliphatic carbocycles. The molecule has 10 nitrogen and oxygen atoms in total. The fourth-order valence-electron chi connectivity index (χ4n) is 3.85. The number of ether oxygens (including phenoxy) is 8. The van der Waals surface area contributed by atoms with Gasteiger partial charge in [0.25, 0.3) is 0 Å². The number of hydrogen-bond donors (Lipinski definition) is 2. The molecule has 1 fully saturated rings. The molecule has 0 bridgehead atoms. The van der Waals surface area contributed by atoms with E-state index in [4.69, 9.17) is 43.0 Å². The highest BCUT2D eigenvalue weighted by Crippen LogP contribution is 2.30. The first-order valence-corrected chi connectivity index (χ1v) is 16.3. The molecule has 2 aromatic rings. The summed E-state index contributed by atoms with van der Waals surface area (Å²) in [6.45, 7) is 14.7. The maximum Gasteiger partial charge on any atom is 0.161 e. The Bertz CT molecular complexity index is 1180. The van der Waals surface area contributed by atoms with Crippen LogP contribution in [0.3, 0.4) is 0 Å². The molecule has 0 aromatic heterocycles. The molecular weight excluding hydrogens is 616 g/mol. The summed E-state index contributed by atoms with van der Waals surface area (Å²) in [7, 11) is 3.24. The number of hydrogen-bond acceptors (Lipinski definition) is 10. The van der Waals surface area contributed by atoms with Crippen LogP contribution in [-0.2, 0) is 18.9 Å². The summed E-state index contributed by atoms with van der Waals surface area (Å²) in [5, 5.41) is 18.2. The van der Waals surface area contributed by atoms with Crippen LogP contribution < -0.4 is 18.9 Å². The van der Waals surface area contributed by atoms with Gasteiger partial charge in [-0.1, -0.05) is 49.6 Å². The predicted octanol–water partition coefficient (Wildman–Crippen LogP) is 6.85. The van der Waals surface area contributed by atoms with Gasteiger partial charge in [0.2, 0.25) is 0 Å². The summed E-state index contributed by atoms with van der Waals surface area (Å²) < 4.78 is 42.2. The molecule has 1 aliphatic heterocycles. The molecule has 1 aliphatic rings. The van der Waals surface area contributed by atoms with Gasteiger partial charge in [0.1, 0.15) is 25.4 Å². The molecule has 48 heavy (non-hydrogen) atoms. The lowest BCUT2D eigenvalue weighted by Crippen LogP contribution is -2.23. The number of unbranched alkanes of at least 4 members (excludes halogenated alkanes) is 2. The van der Waals surface area contributed by atoms with Gasteiger partial charge in [0, 0.05) is 13.2 Å². The third-order valence-corrected chi connectivity index (χ3v) is 6.37. The molecule has 1 saturated heterocycles. The number of rotatable bonds is 23. The van der Waals surface area contributed by atoms with Gasteiger partial charge >= 0.3 is 0 Å². The Morgan fingerprint density at radius 3 is 1.77 bits per heavy atom. The maximum absolute atomic E-state index is 9.91. The number of allylic oxidation sites excluding steroid dienone is 2. The molecule has 268 valence electrons. The molecular formula is C38H56O10. The van der Waals surface area contributed by atoms with Crippen LogP contribution in [0.2, 0.25) is 0 Å². The van der Waals surface area contributed by atoms with Gasteiger partial charge in [-0.15, -0.1) is 0 Å². The average molecular weight is 673 g/mol. The number of aliphatic hydroxyl groups excluding tert-OH is 2. The fourth-order valence-corrected chi connectivity index (χ4v) is 3.85. The van der Waals surface area contributed by atoms with Gasteiger partial charge in [0.15, 0.2) is 23.0 Å². The van der Waals surface area contributed by atoms with Crippen molar-refractivity contribution in [2.24, 2.45) is 0 Å². The Balaban J connectivity index is 0.000000409. The normalized spacial score (nSPS) is 13.8. The van der Waals surface area contributed by atoms with Crippen LogP contribution in [-0.4, -0.2) is 89.5 Å². The molecule has 2 N–H and O–H groups in total. The van der Waals surface area contributed by atoms with Crippen molar-refractivity contribution in [3.05, 3.63) is 85.4 Å². The highest BCUT2D eigenvalue weighted by molar-refractivity contribution is 5.56. The minimum atomic E-state index is -0.686. The lowest BCUT2D eigenvalue weighted by atomic mass is 10.2. The minimum absolute atomic E-state index is 0.152. The zero-order chi connectivity index (χ0) is 35.2. The van der Waals surface area contributed by atoms with Crippen molar-refractivity contribution in [3.8, 4) is 23.0 Å². The number of aliphatic hydroxyl groups is 2. The largest absolute Gasteiger partial charge is 0.502 e. The lowest BCUT2D eigenvalue weighted by molar-refractivity contribution is 0.00976. The van der Waals surface area contributed by atoms with Crippen LogP contribution in [0.5, 0.6) is 23.0 Å². The molecule has 0 radical (unpaired) electrons. The number of methoxy groups -OCH3 is 2. The van der Waals surface area contributed by atoms with Crippen LogP contribution in [0, 0.1) is 0 Å². The summed E-state index contributed by atoms with van der Waals surface area (Å²) in [6, 6.07) is 11.6. The van der Waals surface area contributed by atoms with Crippen LogP contribution in [0.4, 0.5) is 0 Å². The maximum atomic E-state index is 9.91. The van der Waals surface area contributed by atoms with Crippen LogP contribution in [0.15, 0.2) is 74.2 Å². The van der Waals surface area contributed by atoms with Gasteiger partial charge in [-0.05, 0) is 74.9 Å². The molecule has 2 aromatic carbocycles. The summed E-state index contributed by atoms with van der Waals surface area (Å²) in [5.41, 5.74) is 2.14. The average Bonchev–Trinajstić information content (AvgIpc) is 3.94.